The number of hydrogen-bond donors (Lipinski definition) is 1. The summed E-state index contributed by atoms with van der Waals surface area (Å²) >= 11 is 12.5. The van der Waals surface area contributed by atoms with Gasteiger partial charge in [0.25, 0.3) is 0 Å². The highest BCUT2D eigenvalue weighted by Crippen LogP contribution is 2.24. The molecule has 0 unspecified atom stereocenters. The minimum Gasteiger partial charge on any atom is -0.494 e. The summed E-state index contributed by atoms with van der Waals surface area (Å²) in [5.41, 5.74) is 1.69. The van der Waals surface area contributed by atoms with E-state index in [2.05, 4.69) is 5.32 Å². The van der Waals surface area contributed by atoms with Crippen LogP contribution in [0.3, 0.4) is 0 Å². The summed E-state index contributed by atoms with van der Waals surface area (Å²) < 4.78 is 5.73. The lowest BCUT2D eigenvalue weighted by Gasteiger charge is -2.31. The lowest BCUT2D eigenvalue weighted by Crippen LogP contribution is -2.49. The first-order valence-electron chi connectivity index (χ1n) is 11.1. The van der Waals surface area contributed by atoms with Gasteiger partial charge in [0.2, 0.25) is 11.8 Å². The minimum atomic E-state index is -0.693. The van der Waals surface area contributed by atoms with Crippen molar-refractivity contribution in [2.45, 2.75) is 31.8 Å². The molecule has 5 nitrogen and oxygen atoms in total. The van der Waals surface area contributed by atoms with Crippen molar-refractivity contribution in [2.24, 2.45) is 0 Å². The van der Waals surface area contributed by atoms with E-state index in [-0.39, 0.29) is 24.8 Å². The Labute approximate surface area is 210 Å². The Balaban J connectivity index is 1.78. The van der Waals surface area contributed by atoms with Gasteiger partial charge in [-0.15, -0.1) is 0 Å². The van der Waals surface area contributed by atoms with Crippen molar-refractivity contribution >= 4 is 35.0 Å². The molecule has 3 aromatic rings. The summed E-state index contributed by atoms with van der Waals surface area (Å²) in [6.45, 7) is 0.591. The summed E-state index contributed by atoms with van der Waals surface area (Å²) in [6, 6.07) is 23.6. The van der Waals surface area contributed by atoms with Crippen LogP contribution in [0.15, 0.2) is 78.9 Å². The standard InChI is InChI=1S/C27H28Cl2N2O3/c1-30-27(33)25(17-20-9-4-2-5-10-20)31(19-21-14-15-22(28)18-24(21)29)26(32)13-8-16-34-23-11-6-3-7-12-23/h2-7,9-12,14-15,18,25H,8,13,16-17,19H2,1H3,(H,30,33)/t25-/m1/s1. The van der Waals surface area contributed by atoms with Crippen LogP contribution in [0.2, 0.25) is 10.0 Å². The normalized spacial score (nSPS) is 11.5. The van der Waals surface area contributed by atoms with Crippen molar-refractivity contribution in [3.63, 3.8) is 0 Å². The van der Waals surface area contributed by atoms with E-state index in [4.69, 9.17) is 27.9 Å². The zero-order valence-electron chi connectivity index (χ0n) is 19.0. The van der Waals surface area contributed by atoms with Crippen molar-refractivity contribution in [3.05, 3.63) is 100 Å². The topological polar surface area (TPSA) is 58.6 Å². The lowest BCUT2D eigenvalue weighted by molar-refractivity contribution is -0.141. The molecule has 0 aliphatic carbocycles. The van der Waals surface area contributed by atoms with Gasteiger partial charge in [-0.25, -0.2) is 0 Å². The van der Waals surface area contributed by atoms with Gasteiger partial charge in [0.15, 0.2) is 0 Å². The molecule has 1 atom stereocenters. The largest absolute Gasteiger partial charge is 0.494 e. The van der Waals surface area contributed by atoms with Gasteiger partial charge in [-0.05, 0) is 41.8 Å². The Morgan fingerprint density at radius 3 is 2.29 bits per heavy atom. The molecule has 0 radical (unpaired) electrons. The number of carbonyl (C=O) groups excluding carboxylic acids is 2. The predicted molar refractivity (Wildman–Crippen MR) is 136 cm³/mol. The van der Waals surface area contributed by atoms with E-state index >= 15 is 0 Å². The monoisotopic (exact) mass is 498 g/mol. The summed E-state index contributed by atoms with van der Waals surface area (Å²) in [7, 11) is 1.58. The molecule has 2 amide bonds. The number of amides is 2. The molecule has 3 aromatic carbocycles. The maximum Gasteiger partial charge on any atom is 0.242 e. The zero-order chi connectivity index (χ0) is 24.3. The number of nitrogens with one attached hydrogen (secondary N) is 1. The van der Waals surface area contributed by atoms with E-state index in [1.54, 1.807) is 30.1 Å². The fraction of sp³-hybridized carbons (Fsp3) is 0.259. The second kappa shape index (κ2) is 13.0. The first-order valence-corrected chi connectivity index (χ1v) is 11.9. The van der Waals surface area contributed by atoms with E-state index in [9.17, 15) is 9.59 Å². The third-order valence-corrected chi connectivity index (χ3v) is 6.01. The molecule has 0 aliphatic rings. The number of carbonyl (C=O) groups is 2. The molecular formula is C27H28Cl2N2O3. The zero-order valence-corrected chi connectivity index (χ0v) is 20.6. The smallest absolute Gasteiger partial charge is 0.242 e. The molecule has 0 spiro atoms. The number of benzene rings is 3. The number of likely N-dealkylation sites (N-methyl/N-ethyl adjacent to an activating group) is 1. The number of para-hydroxylation sites is 1. The summed E-state index contributed by atoms with van der Waals surface area (Å²) in [5, 5.41) is 3.67. The fourth-order valence-corrected chi connectivity index (χ4v) is 4.10. The maximum absolute atomic E-state index is 13.4. The molecule has 0 saturated carbocycles. The van der Waals surface area contributed by atoms with Crippen LogP contribution in [0, 0.1) is 0 Å². The van der Waals surface area contributed by atoms with Crippen LogP contribution in [-0.2, 0) is 22.6 Å². The molecule has 178 valence electrons. The molecule has 7 heteroatoms. The molecule has 0 fully saturated rings. The Morgan fingerprint density at radius 1 is 0.971 bits per heavy atom. The molecule has 0 aliphatic heterocycles. The predicted octanol–water partition coefficient (Wildman–Crippen LogP) is 5.54. The van der Waals surface area contributed by atoms with E-state index in [1.165, 1.54) is 0 Å². The third-order valence-electron chi connectivity index (χ3n) is 5.42. The maximum atomic E-state index is 13.4. The van der Waals surface area contributed by atoms with Crippen molar-refractivity contribution in [1.82, 2.24) is 10.2 Å². The highest BCUT2D eigenvalue weighted by atomic mass is 35.5. The van der Waals surface area contributed by atoms with Crippen LogP contribution in [0.1, 0.15) is 24.0 Å². The number of ether oxygens (including phenoxy) is 1. The summed E-state index contributed by atoms with van der Waals surface area (Å²) in [6.07, 6.45) is 1.14. The van der Waals surface area contributed by atoms with Crippen molar-refractivity contribution < 1.29 is 14.3 Å². The average Bonchev–Trinajstić information content (AvgIpc) is 2.86. The molecule has 1 N–H and O–H groups in total. The lowest BCUT2D eigenvalue weighted by atomic mass is 10.0. The van der Waals surface area contributed by atoms with Gasteiger partial charge in [0, 0.05) is 36.5 Å². The second-order valence-corrected chi connectivity index (χ2v) is 8.69. The van der Waals surface area contributed by atoms with Crippen LogP contribution in [0.4, 0.5) is 0 Å². The van der Waals surface area contributed by atoms with Gasteiger partial charge < -0.3 is 15.0 Å². The summed E-state index contributed by atoms with van der Waals surface area (Å²) in [4.78, 5) is 27.9. The first-order chi connectivity index (χ1) is 16.5. The quantitative estimate of drug-likeness (QED) is 0.353. The van der Waals surface area contributed by atoms with E-state index in [1.807, 2.05) is 60.7 Å². The highest BCUT2D eigenvalue weighted by Gasteiger charge is 2.30. The van der Waals surface area contributed by atoms with Gasteiger partial charge in [-0.1, -0.05) is 77.8 Å². The molecule has 34 heavy (non-hydrogen) atoms. The van der Waals surface area contributed by atoms with Crippen LogP contribution >= 0.6 is 23.2 Å². The number of rotatable bonds is 11. The van der Waals surface area contributed by atoms with Gasteiger partial charge in [0.1, 0.15) is 11.8 Å². The Morgan fingerprint density at radius 2 is 1.65 bits per heavy atom. The van der Waals surface area contributed by atoms with Crippen LogP contribution in [0.5, 0.6) is 5.75 Å². The minimum absolute atomic E-state index is 0.146. The third kappa shape index (κ3) is 7.51. The highest BCUT2D eigenvalue weighted by molar-refractivity contribution is 6.35. The fourth-order valence-electron chi connectivity index (χ4n) is 3.63. The Bertz CT molecular complexity index is 1080. The summed E-state index contributed by atoms with van der Waals surface area (Å²) in [5.74, 6) is 0.377. The molecule has 0 saturated heterocycles. The van der Waals surface area contributed by atoms with Crippen LogP contribution in [0.25, 0.3) is 0 Å². The van der Waals surface area contributed by atoms with Gasteiger partial charge in [0.05, 0.1) is 6.61 Å². The average molecular weight is 499 g/mol. The van der Waals surface area contributed by atoms with E-state index in [0.717, 1.165) is 16.9 Å². The van der Waals surface area contributed by atoms with Crippen molar-refractivity contribution in [2.75, 3.05) is 13.7 Å². The Kier molecular flexibility index (Phi) is 9.80. The molecule has 0 heterocycles. The molecule has 0 aromatic heterocycles. The van der Waals surface area contributed by atoms with E-state index in [0.29, 0.717) is 29.5 Å². The second-order valence-electron chi connectivity index (χ2n) is 7.84. The van der Waals surface area contributed by atoms with Gasteiger partial charge >= 0.3 is 0 Å². The molecule has 0 bridgehead atoms. The molecule has 3 rings (SSSR count). The van der Waals surface area contributed by atoms with Crippen LogP contribution in [-0.4, -0.2) is 36.4 Å². The molecular weight excluding hydrogens is 471 g/mol. The number of hydrogen-bond acceptors (Lipinski definition) is 3. The number of nitrogens with zero attached hydrogens (tertiary/aromatic N) is 1. The van der Waals surface area contributed by atoms with Crippen molar-refractivity contribution in [3.8, 4) is 5.75 Å². The Hall–Kier alpha value is -3.02. The van der Waals surface area contributed by atoms with E-state index < -0.39 is 6.04 Å². The first kappa shape index (κ1) is 25.6. The SMILES string of the molecule is CNC(=O)[C@@H](Cc1ccccc1)N(Cc1ccc(Cl)cc1Cl)C(=O)CCCOc1ccccc1. The van der Waals surface area contributed by atoms with Crippen molar-refractivity contribution in [1.29, 1.82) is 0 Å². The van der Waals surface area contributed by atoms with Crippen LogP contribution < -0.4 is 10.1 Å². The van der Waals surface area contributed by atoms with Gasteiger partial charge in [-0.3, -0.25) is 9.59 Å². The van der Waals surface area contributed by atoms with Gasteiger partial charge in [-0.2, -0.15) is 0 Å². The number of halogens is 2.